The molecule has 1 aromatic carbocycles. The van der Waals surface area contributed by atoms with Gasteiger partial charge in [0, 0.05) is 36.3 Å². The van der Waals surface area contributed by atoms with Gasteiger partial charge in [0.2, 0.25) is 0 Å². The molecular formula is C13H19Cl2NO. The zero-order chi connectivity index (χ0) is 12.8. The summed E-state index contributed by atoms with van der Waals surface area (Å²) in [6, 6.07) is 6.32. The first-order valence-corrected chi connectivity index (χ1v) is 6.65. The van der Waals surface area contributed by atoms with Crippen molar-refractivity contribution < 1.29 is 4.74 Å². The molecule has 1 unspecified atom stereocenters. The number of anilines is 1. The molecule has 96 valence electrons. The minimum Gasteiger partial charge on any atom is -0.383 e. The zero-order valence-electron chi connectivity index (χ0n) is 10.5. The van der Waals surface area contributed by atoms with Crippen LogP contribution in [0.3, 0.4) is 0 Å². The van der Waals surface area contributed by atoms with Crippen LogP contribution in [-0.4, -0.2) is 26.3 Å². The third-order valence-corrected chi connectivity index (χ3v) is 3.43. The highest BCUT2D eigenvalue weighted by molar-refractivity contribution is 6.32. The average Bonchev–Trinajstić information content (AvgIpc) is 2.30. The molecule has 0 aliphatic rings. The monoisotopic (exact) mass is 275 g/mol. The maximum atomic E-state index is 6.17. The van der Waals surface area contributed by atoms with Crippen molar-refractivity contribution in [2.45, 2.75) is 25.8 Å². The van der Waals surface area contributed by atoms with E-state index in [1.807, 2.05) is 12.1 Å². The van der Waals surface area contributed by atoms with Gasteiger partial charge in [-0.3, -0.25) is 0 Å². The Bertz CT molecular complexity index is 357. The van der Waals surface area contributed by atoms with Gasteiger partial charge in [-0.15, -0.1) is 11.6 Å². The van der Waals surface area contributed by atoms with Gasteiger partial charge in [0.05, 0.1) is 6.61 Å². The molecule has 0 bridgehead atoms. The number of hydrogen-bond donors (Lipinski definition) is 0. The fourth-order valence-corrected chi connectivity index (χ4v) is 2.45. The van der Waals surface area contributed by atoms with Crippen LogP contribution in [0.1, 0.15) is 19.4 Å². The number of ether oxygens (including phenoxy) is 1. The molecule has 0 spiro atoms. The third-order valence-electron chi connectivity index (χ3n) is 2.79. The van der Waals surface area contributed by atoms with Crippen LogP contribution < -0.4 is 4.90 Å². The molecule has 0 radical (unpaired) electrons. The molecule has 1 atom stereocenters. The van der Waals surface area contributed by atoms with Crippen molar-refractivity contribution in [2.24, 2.45) is 0 Å². The lowest BCUT2D eigenvalue weighted by Crippen LogP contribution is -2.36. The summed E-state index contributed by atoms with van der Waals surface area (Å²) < 4.78 is 5.19. The Labute approximate surface area is 113 Å². The van der Waals surface area contributed by atoms with Gasteiger partial charge in [-0.25, -0.2) is 0 Å². The van der Waals surface area contributed by atoms with Crippen LogP contribution >= 0.6 is 23.2 Å². The Balaban J connectivity index is 2.92. The number of methoxy groups -OCH3 is 1. The van der Waals surface area contributed by atoms with Crippen LogP contribution in [0.4, 0.5) is 5.69 Å². The van der Waals surface area contributed by atoms with E-state index in [0.29, 0.717) is 18.5 Å². The second-order valence-electron chi connectivity index (χ2n) is 4.00. The summed E-state index contributed by atoms with van der Waals surface area (Å²) in [5.74, 6) is 0.443. The Morgan fingerprint density at radius 2 is 2.12 bits per heavy atom. The maximum Gasteiger partial charge on any atom is 0.0663 e. The first-order chi connectivity index (χ1) is 8.13. The first-order valence-electron chi connectivity index (χ1n) is 5.74. The Hall–Kier alpha value is -0.440. The predicted molar refractivity (Wildman–Crippen MR) is 75.4 cm³/mol. The van der Waals surface area contributed by atoms with Crippen molar-refractivity contribution in [3.63, 3.8) is 0 Å². The molecule has 4 heteroatoms. The smallest absolute Gasteiger partial charge is 0.0663 e. The number of halogens is 2. The highest BCUT2D eigenvalue weighted by Crippen LogP contribution is 2.26. The maximum absolute atomic E-state index is 6.17. The van der Waals surface area contributed by atoms with Crippen LogP contribution in [0.25, 0.3) is 0 Å². The molecule has 1 rings (SSSR count). The quantitative estimate of drug-likeness (QED) is 0.730. The number of alkyl halides is 1. The lowest BCUT2D eigenvalue weighted by Gasteiger charge is -2.30. The van der Waals surface area contributed by atoms with Crippen LogP contribution in [0.2, 0.25) is 5.02 Å². The van der Waals surface area contributed by atoms with Crippen molar-refractivity contribution in [3.05, 3.63) is 28.8 Å². The van der Waals surface area contributed by atoms with Crippen molar-refractivity contribution >= 4 is 28.9 Å². The lowest BCUT2D eigenvalue weighted by atomic mass is 10.2. The molecule has 1 aromatic rings. The number of nitrogens with zero attached hydrogens (tertiary/aromatic N) is 1. The molecule has 2 nitrogen and oxygen atoms in total. The van der Waals surface area contributed by atoms with E-state index in [4.69, 9.17) is 27.9 Å². The molecule has 0 aliphatic carbocycles. The summed E-state index contributed by atoms with van der Waals surface area (Å²) in [6.07, 6.45) is 0. The Kier molecular flexibility index (Phi) is 6.10. The van der Waals surface area contributed by atoms with Gasteiger partial charge in [-0.1, -0.05) is 17.7 Å². The lowest BCUT2D eigenvalue weighted by molar-refractivity contribution is 0.182. The number of rotatable bonds is 6. The van der Waals surface area contributed by atoms with Crippen molar-refractivity contribution in [2.75, 3.05) is 25.2 Å². The van der Waals surface area contributed by atoms with E-state index in [-0.39, 0.29) is 0 Å². The summed E-state index contributed by atoms with van der Waals surface area (Å²) in [4.78, 5) is 2.26. The fourth-order valence-electron chi connectivity index (χ4n) is 1.90. The number of benzene rings is 1. The largest absolute Gasteiger partial charge is 0.383 e. The molecule has 0 aliphatic heterocycles. The highest BCUT2D eigenvalue weighted by Gasteiger charge is 2.13. The van der Waals surface area contributed by atoms with Crippen LogP contribution in [0, 0.1) is 0 Å². The van der Waals surface area contributed by atoms with E-state index in [0.717, 1.165) is 22.8 Å². The van der Waals surface area contributed by atoms with Gasteiger partial charge in [-0.2, -0.15) is 0 Å². The summed E-state index contributed by atoms with van der Waals surface area (Å²) in [5.41, 5.74) is 2.07. The van der Waals surface area contributed by atoms with Gasteiger partial charge < -0.3 is 9.64 Å². The van der Waals surface area contributed by atoms with Gasteiger partial charge in [0.1, 0.15) is 0 Å². The predicted octanol–water partition coefficient (Wildman–Crippen LogP) is 3.94. The summed E-state index contributed by atoms with van der Waals surface area (Å²) in [6.45, 7) is 5.87. The zero-order valence-corrected chi connectivity index (χ0v) is 12.1. The summed E-state index contributed by atoms with van der Waals surface area (Å²) >= 11 is 12.0. The fraction of sp³-hybridized carbons (Fsp3) is 0.538. The Morgan fingerprint density at radius 3 is 2.59 bits per heavy atom. The van der Waals surface area contributed by atoms with E-state index in [2.05, 4.69) is 24.8 Å². The molecule has 0 saturated carbocycles. The minimum absolute atomic E-state index is 0.322. The van der Waals surface area contributed by atoms with Crippen LogP contribution in [0.15, 0.2) is 18.2 Å². The topological polar surface area (TPSA) is 12.5 Å². The van der Waals surface area contributed by atoms with Gasteiger partial charge in [0.15, 0.2) is 0 Å². The van der Waals surface area contributed by atoms with Crippen molar-refractivity contribution in [3.8, 4) is 0 Å². The number of hydrogen-bond acceptors (Lipinski definition) is 2. The van der Waals surface area contributed by atoms with Gasteiger partial charge in [0.25, 0.3) is 0 Å². The Morgan fingerprint density at radius 1 is 1.41 bits per heavy atom. The van der Waals surface area contributed by atoms with Crippen molar-refractivity contribution in [1.82, 2.24) is 0 Å². The van der Waals surface area contributed by atoms with Crippen molar-refractivity contribution in [1.29, 1.82) is 0 Å². The van der Waals surface area contributed by atoms with E-state index >= 15 is 0 Å². The van der Waals surface area contributed by atoms with Gasteiger partial charge in [-0.05, 0) is 31.5 Å². The molecule has 0 amide bonds. The second-order valence-corrected chi connectivity index (χ2v) is 4.67. The van der Waals surface area contributed by atoms with E-state index in [1.165, 1.54) is 0 Å². The average molecular weight is 276 g/mol. The first kappa shape index (κ1) is 14.6. The standard InChI is InChI=1S/C13H19Cl2NO/c1-4-16(10(2)9-17-3)12-6-5-11(8-14)13(15)7-12/h5-7,10H,4,8-9H2,1-3H3. The normalized spacial score (nSPS) is 12.5. The van der Waals surface area contributed by atoms with E-state index in [9.17, 15) is 0 Å². The summed E-state index contributed by atoms with van der Waals surface area (Å²) in [7, 11) is 1.72. The molecule has 17 heavy (non-hydrogen) atoms. The SMILES string of the molecule is CCN(c1ccc(CCl)c(Cl)c1)C(C)COC. The van der Waals surface area contributed by atoms with Crippen LogP contribution in [0.5, 0.6) is 0 Å². The van der Waals surface area contributed by atoms with Crippen LogP contribution in [-0.2, 0) is 10.6 Å². The minimum atomic E-state index is 0.322. The molecule has 0 saturated heterocycles. The van der Waals surface area contributed by atoms with E-state index < -0.39 is 0 Å². The molecular weight excluding hydrogens is 257 g/mol. The second kappa shape index (κ2) is 7.10. The summed E-state index contributed by atoms with van der Waals surface area (Å²) in [5, 5.41) is 0.723. The third kappa shape index (κ3) is 3.77. The van der Waals surface area contributed by atoms with E-state index in [1.54, 1.807) is 7.11 Å². The molecule has 0 fully saturated rings. The number of likely N-dealkylation sites (N-methyl/N-ethyl adjacent to an activating group) is 1. The molecule has 0 N–H and O–H groups in total. The van der Waals surface area contributed by atoms with Gasteiger partial charge >= 0.3 is 0 Å². The highest BCUT2D eigenvalue weighted by atomic mass is 35.5. The molecule has 0 aromatic heterocycles. The molecule has 0 heterocycles.